The lowest BCUT2D eigenvalue weighted by Gasteiger charge is -2.54. The summed E-state index contributed by atoms with van der Waals surface area (Å²) in [6.45, 7) is 27.6. The van der Waals surface area contributed by atoms with E-state index in [-0.39, 0.29) is 18.1 Å². The van der Waals surface area contributed by atoms with E-state index in [2.05, 4.69) is 34.6 Å². The molecule has 0 radical (unpaired) electrons. The summed E-state index contributed by atoms with van der Waals surface area (Å²) in [5.74, 6) is -2.96. The summed E-state index contributed by atoms with van der Waals surface area (Å²) in [4.78, 5) is 12.0. The molecule has 0 rings (SSSR count). The van der Waals surface area contributed by atoms with E-state index in [9.17, 15) is 0 Å². The molecule has 0 aliphatic carbocycles. The number of ether oxygens (including phenoxy) is 5. The first kappa shape index (κ1) is 35.7. The van der Waals surface area contributed by atoms with Crippen molar-refractivity contribution in [3.05, 3.63) is 0 Å². The fraction of sp³-hybridized carbons (Fsp3) is 1.00. The maximum atomic E-state index is 6.66. The van der Waals surface area contributed by atoms with Crippen LogP contribution in [-0.2, 0) is 33.5 Å². The first-order chi connectivity index (χ1) is 16.6. The van der Waals surface area contributed by atoms with Crippen molar-refractivity contribution >= 4 is 0 Å². The van der Waals surface area contributed by atoms with Gasteiger partial charge in [-0.3, -0.25) is 0 Å². The zero-order valence-electron chi connectivity index (χ0n) is 26.0. The predicted octanol–water partition coefficient (Wildman–Crippen LogP) is 8.00. The Balaban J connectivity index is 6.85. The zero-order chi connectivity index (χ0) is 28.0. The summed E-state index contributed by atoms with van der Waals surface area (Å²) in [7, 11) is 0. The van der Waals surface area contributed by atoms with Gasteiger partial charge in [-0.2, -0.15) is 4.89 Å². The lowest BCUT2D eigenvalue weighted by Crippen LogP contribution is -2.68. The molecule has 7 nitrogen and oxygen atoms in total. The highest BCUT2D eigenvalue weighted by Crippen LogP contribution is 2.51. The van der Waals surface area contributed by atoms with Gasteiger partial charge < -0.3 is 23.7 Å². The van der Waals surface area contributed by atoms with E-state index in [1.807, 2.05) is 55.4 Å². The van der Waals surface area contributed by atoms with Crippen molar-refractivity contribution in [2.45, 2.75) is 158 Å². The molecule has 36 heavy (non-hydrogen) atoms. The average molecular weight is 521 g/mol. The van der Waals surface area contributed by atoms with Crippen molar-refractivity contribution < 1.29 is 33.5 Å². The smallest absolute Gasteiger partial charge is 0.326 e. The Morgan fingerprint density at radius 2 is 1.28 bits per heavy atom. The van der Waals surface area contributed by atoms with Crippen molar-refractivity contribution in [1.29, 1.82) is 0 Å². The molecule has 7 heteroatoms. The predicted molar refractivity (Wildman–Crippen MR) is 145 cm³/mol. The summed E-state index contributed by atoms with van der Waals surface area (Å²) in [6.07, 6.45) is 5.21. The maximum Gasteiger partial charge on any atom is 0.326 e. The number of unbranched alkanes of at least 4 members (excludes halogenated alkanes) is 3. The highest BCUT2D eigenvalue weighted by molar-refractivity contribution is 4.92. The second-order valence-electron chi connectivity index (χ2n) is 12.0. The van der Waals surface area contributed by atoms with Gasteiger partial charge in [0.05, 0.1) is 37.6 Å². The fourth-order valence-electron chi connectivity index (χ4n) is 3.46. The lowest BCUT2D eigenvalue weighted by molar-refractivity contribution is -0.593. The Morgan fingerprint density at radius 3 is 1.75 bits per heavy atom. The van der Waals surface area contributed by atoms with Crippen LogP contribution in [0.2, 0.25) is 0 Å². The summed E-state index contributed by atoms with van der Waals surface area (Å²) in [5, 5.41) is 0. The highest BCUT2D eigenvalue weighted by Gasteiger charge is 2.67. The van der Waals surface area contributed by atoms with Gasteiger partial charge in [0.25, 0.3) is 5.97 Å². The molecule has 0 fully saturated rings. The molecule has 0 aromatic rings. The van der Waals surface area contributed by atoms with Gasteiger partial charge in [-0.25, -0.2) is 4.89 Å². The monoisotopic (exact) mass is 520 g/mol. The van der Waals surface area contributed by atoms with E-state index in [0.29, 0.717) is 19.8 Å². The Morgan fingerprint density at radius 1 is 0.667 bits per heavy atom. The largest absolute Gasteiger partial charge is 0.327 e. The Hall–Kier alpha value is -0.280. The molecule has 0 saturated heterocycles. The molecular formula is C29H60O7. The number of rotatable bonds is 21. The van der Waals surface area contributed by atoms with Crippen LogP contribution in [0.25, 0.3) is 0 Å². The molecule has 0 saturated carbocycles. The van der Waals surface area contributed by atoms with Gasteiger partial charge in [-0.05, 0) is 80.6 Å². The van der Waals surface area contributed by atoms with Gasteiger partial charge in [0, 0.05) is 0 Å². The minimum atomic E-state index is -1.69. The first-order valence-electron chi connectivity index (χ1n) is 14.3. The Labute approximate surface area is 223 Å². The lowest BCUT2D eigenvalue weighted by atomic mass is 9.85. The fourth-order valence-corrected chi connectivity index (χ4v) is 3.46. The minimum Gasteiger partial charge on any atom is -0.327 e. The van der Waals surface area contributed by atoms with Crippen LogP contribution >= 0.6 is 0 Å². The topological polar surface area (TPSA) is 64.6 Å². The van der Waals surface area contributed by atoms with Gasteiger partial charge in [-0.1, -0.05) is 53.9 Å². The molecule has 0 heterocycles. The van der Waals surface area contributed by atoms with E-state index < -0.39 is 23.0 Å². The Bertz CT molecular complexity index is 558. The molecular weight excluding hydrogens is 460 g/mol. The third-order valence-corrected chi connectivity index (χ3v) is 5.69. The molecule has 218 valence electrons. The molecule has 0 aliphatic rings. The van der Waals surface area contributed by atoms with Crippen LogP contribution < -0.4 is 0 Å². The molecule has 0 bridgehead atoms. The van der Waals surface area contributed by atoms with E-state index >= 15 is 0 Å². The number of hydrogen-bond donors (Lipinski definition) is 0. The third-order valence-electron chi connectivity index (χ3n) is 5.69. The molecule has 0 N–H and O–H groups in total. The second-order valence-corrected chi connectivity index (χ2v) is 12.0. The molecule has 0 spiro atoms. The quantitative estimate of drug-likeness (QED) is 0.0657. The van der Waals surface area contributed by atoms with Crippen LogP contribution in [0.15, 0.2) is 0 Å². The zero-order valence-corrected chi connectivity index (χ0v) is 26.0. The van der Waals surface area contributed by atoms with Gasteiger partial charge in [0.15, 0.2) is 0 Å². The van der Waals surface area contributed by atoms with Crippen molar-refractivity contribution in [3.8, 4) is 0 Å². The molecule has 0 aliphatic heterocycles. The Kier molecular flexibility index (Phi) is 16.5. The van der Waals surface area contributed by atoms with Crippen LogP contribution in [0.4, 0.5) is 0 Å². The van der Waals surface area contributed by atoms with Crippen LogP contribution in [0.1, 0.15) is 129 Å². The van der Waals surface area contributed by atoms with Gasteiger partial charge in [0.1, 0.15) is 5.41 Å². The summed E-state index contributed by atoms with van der Waals surface area (Å²) < 4.78 is 32.9. The molecule has 3 atom stereocenters. The van der Waals surface area contributed by atoms with Crippen LogP contribution in [0.3, 0.4) is 0 Å². The standard InChI is InChI=1S/C29H60O7/c1-14-17-19-21-32-36-29(34-25(8)16-3,35-26(9,10)11)27(12,13)28(33-24(6)7,30-20-18-15-2)31-22-23(4)5/h23-25H,14-22H2,1-13H3. The van der Waals surface area contributed by atoms with Crippen LogP contribution in [0.5, 0.6) is 0 Å². The van der Waals surface area contributed by atoms with E-state index in [1.165, 1.54) is 0 Å². The molecule has 0 aromatic heterocycles. The molecule has 0 aromatic carbocycles. The van der Waals surface area contributed by atoms with Crippen molar-refractivity contribution in [2.75, 3.05) is 19.8 Å². The minimum absolute atomic E-state index is 0.191. The SMILES string of the molecule is CCCCCOOC(OC(C)CC)(OC(C)(C)C)C(C)(C)C(OCCCC)(OCC(C)C)OC(C)C. The summed E-state index contributed by atoms with van der Waals surface area (Å²) >= 11 is 0. The van der Waals surface area contributed by atoms with Gasteiger partial charge >= 0.3 is 5.97 Å². The molecule has 0 amide bonds. The van der Waals surface area contributed by atoms with E-state index in [4.69, 9.17) is 33.5 Å². The van der Waals surface area contributed by atoms with Crippen molar-refractivity contribution in [3.63, 3.8) is 0 Å². The van der Waals surface area contributed by atoms with Gasteiger partial charge in [-0.15, -0.1) is 0 Å². The summed E-state index contributed by atoms with van der Waals surface area (Å²) in [5.41, 5.74) is -1.77. The van der Waals surface area contributed by atoms with Crippen molar-refractivity contribution in [2.24, 2.45) is 11.3 Å². The normalized spacial score (nSPS) is 17.4. The highest BCUT2D eigenvalue weighted by atomic mass is 17.3. The van der Waals surface area contributed by atoms with Crippen LogP contribution in [0, 0.1) is 11.3 Å². The first-order valence-corrected chi connectivity index (χ1v) is 14.3. The van der Waals surface area contributed by atoms with E-state index in [1.54, 1.807) is 0 Å². The van der Waals surface area contributed by atoms with Crippen LogP contribution in [-0.4, -0.2) is 49.6 Å². The average Bonchev–Trinajstić information content (AvgIpc) is 2.75. The van der Waals surface area contributed by atoms with Gasteiger partial charge in [0.2, 0.25) is 0 Å². The maximum absolute atomic E-state index is 6.66. The van der Waals surface area contributed by atoms with E-state index in [0.717, 1.165) is 38.5 Å². The number of hydrogen-bond acceptors (Lipinski definition) is 7. The summed E-state index contributed by atoms with van der Waals surface area (Å²) in [6, 6.07) is 0. The second kappa shape index (κ2) is 16.6. The molecule has 3 unspecified atom stereocenters. The van der Waals surface area contributed by atoms with Crippen molar-refractivity contribution in [1.82, 2.24) is 0 Å². The third kappa shape index (κ3) is 11.6.